The van der Waals surface area contributed by atoms with E-state index in [1.165, 1.54) is 0 Å². The molecular formula is C12H19N3. The molecule has 82 valence electrons. The van der Waals surface area contributed by atoms with E-state index in [-0.39, 0.29) is 0 Å². The third-order valence-electron chi connectivity index (χ3n) is 3.02. The Morgan fingerprint density at radius 2 is 1.93 bits per heavy atom. The predicted molar refractivity (Wildman–Crippen MR) is 63.3 cm³/mol. The molecule has 1 aliphatic rings. The molecule has 2 rings (SSSR count). The molecule has 0 amide bonds. The van der Waals surface area contributed by atoms with E-state index in [2.05, 4.69) is 33.8 Å². The van der Waals surface area contributed by atoms with Gasteiger partial charge in [-0.1, -0.05) is 13.0 Å². The van der Waals surface area contributed by atoms with Crippen molar-refractivity contribution >= 4 is 5.82 Å². The highest BCUT2D eigenvalue weighted by atomic mass is 15.3. The van der Waals surface area contributed by atoms with E-state index < -0.39 is 0 Å². The molecule has 0 N–H and O–H groups in total. The first-order valence-electron chi connectivity index (χ1n) is 5.70. The number of piperazine rings is 1. The summed E-state index contributed by atoms with van der Waals surface area (Å²) in [6.45, 7) is 9.95. The molecule has 0 spiro atoms. The Morgan fingerprint density at radius 3 is 2.53 bits per heavy atom. The van der Waals surface area contributed by atoms with Crippen LogP contribution in [0.1, 0.15) is 12.6 Å². The van der Waals surface area contributed by atoms with Gasteiger partial charge < -0.3 is 9.80 Å². The fourth-order valence-corrected chi connectivity index (χ4v) is 2.00. The Labute approximate surface area is 91.7 Å². The van der Waals surface area contributed by atoms with Crippen molar-refractivity contribution in [1.82, 2.24) is 9.88 Å². The third kappa shape index (κ3) is 2.48. The van der Waals surface area contributed by atoms with Crippen molar-refractivity contribution in [2.45, 2.75) is 13.8 Å². The predicted octanol–water partition coefficient (Wildman–Crippen LogP) is 1.53. The van der Waals surface area contributed by atoms with Crippen LogP contribution in [0.15, 0.2) is 18.2 Å². The number of likely N-dealkylation sites (N-methyl/N-ethyl adjacent to an activating group) is 1. The second kappa shape index (κ2) is 4.62. The lowest BCUT2D eigenvalue weighted by Gasteiger charge is -2.34. The Hall–Kier alpha value is -1.09. The van der Waals surface area contributed by atoms with E-state index in [9.17, 15) is 0 Å². The minimum Gasteiger partial charge on any atom is -0.354 e. The van der Waals surface area contributed by atoms with Crippen molar-refractivity contribution in [2.24, 2.45) is 0 Å². The molecule has 0 unspecified atom stereocenters. The molecule has 1 fully saturated rings. The highest BCUT2D eigenvalue weighted by Gasteiger charge is 2.16. The van der Waals surface area contributed by atoms with Crippen LogP contribution in [-0.4, -0.2) is 42.6 Å². The van der Waals surface area contributed by atoms with Crippen molar-refractivity contribution in [1.29, 1.82) is 0 Å². The summed E-state index contributed by atoms with van der Waals surface area (Å²) in [6, 6.07) is 6.24. The third-order valence-corrected chi connectivity index (χ3v) is 3.02. The molecule has 1 saturated heterocycles. The molecular weight excluding hydrogens is 186 g/mol. The molecule has 0 aromatic carbocycles. The molecule has 15 heavy (non-hydrogen) atoms. The summed E-state index contributed by atoms with van der Waals surface area (Å²) in [4.78, 5) is 9.41. The van der Waals surface area contributed by atoms with Crippen LogP contribution >= 0.6 is 0 Å². The maximum atomic E-state index is 4.56. The Balaban J connectivity index is 2.01. The number of anilines is 1. The summed E-state index contributed by atoms with van der Waals surface area (Å²) in [5, 5.41) is 0. The minimum atomic E-state index is 1.10. The summed E-state index contributed by atoms with van der Waals surface area (Å²) >= 11 is 0. The summed E-state index contributed by atoms with van der Waals surface area (Å²) in [6.07, 6.45) is 0. The van der Waals surface area contributed by atoms with Crippen LogP contribution < -0.4 is 4.90 Å². The van der Waals surface area contributed by atoms with Crippen LogP contribution in [0, 0.1) is 6.92 Å². The van der Waals surface area contributed by atoms with Crippen molar-refractivity contribution < 1.29 is 0 Å². The maximum absolute atomic E-state index is 4.56. The smallest absolute Gasteiger partial charge is 0.128 e. The van der Waals surface area contributed by atoms with Gasteiger partial charge in [-0.05, 0) is 25.6 Å². The van der Waals surface area contributed by atoms with E-state index in [4.69, 9.17) is 0 Å². The van der Waals surface area contributed by atoms with Gasteiger partial charge in [-0.3, -0.25) is 0 Å². The lowest BCUT2D eigenvalue weighted by Crippen LogP contribution is -2.46. The maximum Gasteiger partial charge on any atom is 0.128 e. The number of hydrogen-bond donors (Lipinski definition) is 0. The van der Waals surface area contributed by atoms with E-state index in [0.29, 0.717) is 0 Å². The first-order valence-corrected chi connectivity index (χ1v) is 5.70. The molecule has 1 aliphatic heterocycles. The number of aromatic nitrogens is 1. The quantitative estimate of drug-likeness (QED) is 0.730. The average molecular weight is 205 g/mol. The molecule has 0 bridgehead atoms. The van der Waals surface area contributed by atoms with Crippen molar-refractivity contribution in [3.05, 3.63) is 23.9 Å². The minimum absolute atomic E-state index is 1.10. The van der Waals surface area contributed by atoms with Gasteiger partial charge in [0.15, 0.2) is 0 Å². The van der Waals surface area contributed by atoms with Gasteiger partial charge >= 0.3 is 0 Å². The molecule has 0 aliphatic carbocycles. The first kappa shape index (κ1) is 10.4. The van der Waals surface area contributed by atoms with Crippen molar-refractivity contribution in [3.8, 4) is 0 Å². The molecule has 0 radical (unpaired) electrons. The Kier molecular flexibility index (Phi) is 3.21. The molecule has 3 heteroatoms. The molecule has 3 nitrogen and oxygen atoms in total. The van der Waals surface area contributed by atoms with Gasteiger partial charge in [0.1, 0.15) is 5.82 Å². The number of hydrogen-bond acceptors (Lipinski definition) is 3. The molecule has 2 heterocycles. The van der Waals surface area contributed by atoms with Crippen molar-refractivity contribution in [2.75, 3.05) is 37.6 Å². The van der Waals surface area contributed by atoms with E-state index >= 15 is 0 Å². The first-order chi connectivity index (χ1) is 7.29. The van der Waals surface area contributed by atoms with E-state index in [1.54, 1.807) is 0 Å². The lowest BCUT2D eigenvalue weighted by atomic mass is 10.3. The SMILES string of the molecule is CCN1CCN(c2cccc(C)n2)CC1. The standard InChI is InChI=1S/C12H19N3/c1-3-14-7-9-15(10-8-14)12-6-4-5-11(2)13-12/h4-6H,3,7-10H2,1-2H3. The largest absolute Gasteiger partial charge is 0.354 e. The van der Waals surface area contributed by atoms with Crippen LogP contribution in [0.4, 0.5) is 5.82 Å². The van der Waals surface area contributed by atoms with Gasteiger partial charge in [-0.25, -0.2) is 4.98 Å². The van der Waals surface area contributed by atoms with Crippen LogP contribution in [0.25, 0.3) is 0 Å². The number of nitrogens with zero attached hydrogens (tertiary/aromatic N) is 3. The number of rotatable bonds is 2. The number of aryl methyl sites for hydroxylation is 1. The number of pyridine rings is 1. The van der Waals surface area contributed by atoms with Gasteiger partial charge in [0.05, 0.1) is 0 Å². The fourth-order valence-electron chi connectivity index (χ4n) is 2.00. The molecule has 1 aromatic rings. The van der Waals surface area contributed by atoms with E-state index in [0.717, 1.165) is 44.2 Å². The van der Waals surface area contributed by atoms with Crippen LogP contribution in [0.2, 0.25) is 0 Å². The zero-order valence-corrected chi connectivity index (χ0v) is 9.61. The van der Waals surface area contributed by atoms with Gasteiger partial charge in [0.25, 0.3) is 0 Å². The summed E-state index contributed by atoms with van der Waals surface area (Å²) in [5.41, 5.74) is 1.10. The zero-order chi connectivity index (χ0) is 10.7. The van der Waals surface area contributed by atoms with Gasteiger partial charge in [0.2, 0.25) is 0 Å². The normalized spacial score (nSPS) is 18.1. The lowest BCUT2D eigenvalue weighted by molar-refractivity contribution is 0.270. The van der Waals surface area contributed by atoms with Crippen LogP contribution in [-0.2, 0) is 0 Å². The van der Waals surface area contributed by atoms with Gasteiger partial charge in [-0.15, -0.1) is 0 Å². The average Bonchev–Trinajstić information content (AvgIpc) is 2.29. The summed E-state index contributed by atoms with van der Waals surface area (Å²) in [7, 11) is 0. The van der Waals surface area contributed by atoms with Crippen LogP contribution in [0.5, 0.6) is 0 Å². The summed E-state index contributed by atoms with van der Waals surface area (Å²) < 4.78 is 0. The Morgan fingerprint density at radius 1 is 1.20 bits per heavy atom. The molecule has 0 atom stereocenters. The van der Waals surface area contributed by atoms with Gasteiger partial charge in [-0.2, -0.15) is 0 Å². The van der Waals surface area contributed by atoms with E-state index in [1.807, 2.05) is 13.0 Å². The monoisotopic (exact) mass is 205 g/mol. The second-order valence-electron chi connectivity index (χ2n) is 4.06. The fraction of sp³-hybridized carbons (Fsp3) is 0.583. The highest BCUT2D eigenvalue weighted by molar-refractivity contribution is 5.39. The van der Waals surface area contributed by atoms with Gasteiger partial charge in [0, 0.05) is 31.9 Å². The highest BCUT2D eigenvalue weighted by Crippen LogP contribution is 2.13. The molecule has 1 aromatic heterocycles. The topological polar surface area (TPSA) is 19.4 Å². The summed E-state index contributed by atoms with van der Waals surface area (Å²) in [5.74, 6) is 1.13. The van der Waals surface area contributed by atoms with Crippen molar-refractivity contribution in [3.63, 3.8) is 0 Å². The zero-order valence-electron chi connectivity index (χ0n) is 9.61. The second-order valence-corrected chi connectivity index (χ2v) is 4.06. The Bertz CT molecular complexity index is 316. The van der Waals surface area contributed by atoms with Crippen LogP contribution in [0.3, 0.4) is 0 Å². The molecule has 0 saturated carbocycles.